The van der Waals surface area contributed by atoms with Crippen LogP contribution in [0, 0.1) is 11.8 Å². The van der Waals surface area contributed by atoms with Crippen LogP contribution in [0.25, 0.3) is 0 Å². The predicted octanol–water partition coefficient (Wildman–Crippen LogP) is 2.41. The first kappa shape index (κ1) is 11.7. The zero-order valence-corrected chi connectivity index (χ0v) is 8.38. The van der Waals surface area contributed by atoms with Gasteiger partial charge in [-0.15, -0.1) is 0 Å². The van der Waals surface area contributed by atoms with Crippen LogP contribution in [0.2, 0.25) is 0 Å². The van der Waals surface area contributed by atoms with E-state index in [2.05, 4.69) is 11.8 Å². The minimum atomic E-state index is 0.639. The van der Waals surface area contributed by atoms with Crippen molar-refractivity contribution in [2.75, 3.05) is 6.54 Å². The molecule has 1 nitrogen and oxygen atoms in total. The lowest BCUT2D eigenvalue weighted by Gasteiger charge is -1.85. The summed E-state index contributed by atoms with van der Waals surface area (Å²) in [5.41, 5.74) is 6.35. The Morgan fingerprint density at radius 2 is 1.77 bits per heavy atom. The molecule has 70 valence electrons. The fourth-order valence-corrected chi connectivity index (χ4v) is 0.758. The molecule has 0 aromatic heterocycles. The summed E-state index contributed by atoms with van der Waals surface area (Å²) in [7, 11) is 0. The monoisotopic (exact) mass is 175 g/mol. The molecule has 1 aromatic rings. The molecule has 0 aliphatic rings. The zero-order valence-electron chi connectivity index (χ0n) is 8.38. The number of nitrogens with two attached hydrogens (primary N) is 1. The Morgan fingerprint density at radius 3 is 2.31 bits per heavy atom. The van der Waals surface area contributed by atoms with Crippen molar-refractivity contribution in [1.82, 2.24) is 0 Å². The highest BCUT2D eigenvalue weighted by Crippen LogP contribution is 1.94. The summed E-state index contributed by atoms with van der Waals surface area (Å²) in [6.45, 7) is 4.64. The summed E-state index contributed by atoms with van der Waals surface area (Å²) in [6.07, 6.45) is 0.773. The summed E-state index contributed by atoms with van der Waals surface area (Å²) < 4.78 is 0. The van der Waals surface area contributed by atoms with Crippen LogP contribution >= 0.6 is 0 Å². The van der Waals surface area contributed by atoms with Gasteiger partial charge in [-0.3, -0.25) is 0 Å². The van der Waals surface area contributed by atoms with Crippen LogP contribution in [0.3, 0.4) is 0 Å². The normalized spacial score (nSPS) is 7.62. The lowest BCUT2D eigenvalue weighted by atomic mass is 10.2. The lowest BCUT2D eigenvalue weighted by molar-refractivity contribution is 1.03. The van der Waals surface area contributed by atoms with Crippen LogP contribution < -0.4 is 5.73 Å². The van der Waals surface area contributed by atoms with Crippen LogP contribution in [0.15, 0.2) is 30.3 Å². The van der Waals surface area contributed by atoms with Crippen molar-refractivity contribution in [3.8, 4) is 11.8 Å². The second-order valence-corrected chi connectivity index (χ2v) is 2.21. The zero-order chi connectivity index (χ0) is 9.94. The van der Waals surface area contributed by atoms with Gasteiger partial charge in [0, 0.05) is 18.5 Å². The highest BCUT2D eigenvalue weighted by Gasteiger charge is 1.79. The van der Waals surface area contributed by atoms with Crippen molar-refractivity contribution in [2.24, 2.45) is 5.73 Å². The Labute approximate surface area is 81.0 Å². The second-order valence-electron chi connectivity index (χ2n) is 2.21. The van der Waals surface area contributed by atoms with Crippen LogP contribution in [0.5, 0.6) is 0 Å². The van der Waals surface area contributed by atoms with Crippen molar-refractivity contribution in [2.45, 2.75) is 20.3 Å². The van der Waals surface area contributed by atoms with Crippen molar-refractivity contribution >= 4 is 0 Å². The van der Waals surface area contributed by atoms with Crippen LogP contribution in [-0.2, 0) is 0 Å². The van der Waals surface area contributed by atoms with E-state index in [9.17, 15) is 0 Å². The quantitative estimate of drug-likeness (QED) is 0.652. The van der Waals surface area contributed by atoms with E-state index < -0.39 is 0 Å². The third kappa shape index (κ3) is 5.95. The summed E-state index contributed by atoms with van der Waals surface area (Å²) in [5.74, 6) is 5.99. The van der Waals surface area contributed by atoms with E-state index in [4.69, 9.17) is 5.73 Å². The van der Waals surface area contributed by atoms with Gasteiger partial charge in [-0.1, -0.05) is 43.9 Å². The van der Waals surface area contributed by atoms with Gasteiger partial charge < -0.3 is 5.73 Å². The summed E-state index contributed by atoms with van der Waals surface area (Å²) in [5, 5.41) is 0. The molecule has 0 saturated heterocycles. The van der Waals surface area contributed by atoms with E-state index >= 15 is 0 Å². The SMILES string of the molecule is CC.NCCC#Cc1ccccc1. The summed E-state index contributed by atoms with van der Waals surface area (Å²) in [4.78, 5) is 0. The average Bonchev–Trinajstić information content (AvgIpc) is 2.23. The minimum absolute atomic E-state index is 0.639. The van der Waals surface area contributed by atoms with Gasteiger partial charge in [0.25, 0.3) is 0 Å². The number of benzene rings is 1. The number of hydrogen-bond donors (Lipinski definition) is 1. The maximum atomic E-state index is 5.29. The van der Waals surface area contributed by atoms with Crippen molar-refractivity contribution in [3.63, 3.8) is 0 Å². The average molecular weight is 175 g/mol. The Balaban J connectivity index is 0.000000671. The number of hydrogen-bond acceptors (Lipinski definition) is 1. The van der Waals surface area contributed by atoms with Crippen molar-refractivity contribution in [1.29, 1.82) is 0 Å². The largest absolute Gasteiger partial charge is 0.330 e. The van der Waals surface area contributed by atoms with Crippen molar-refractivity contribution in [3.05, 3.63) is 35.9 Å². The molecule has 0 unspecified atom stereocenters. The molecule has 2 N–H and O–H groups in total. The summed E-state index contributed by atoms with van der Waals surface area (Å²) in [6, 6.07) is 9.92. The molecule has 0 spiro atoms. The van der Waals surface area contributed by atoms with Crippen LogP contribution in [0.1, 0.15) is 25.8 Å². The molecule has 0 bridgehead atoms. The molecule has 0 aliphatic heterocycles. The highest BCUT2D eigenvalue weighted by atomic mass is 14.5. The Hall–Kier alpha value is -1.26. The molecule has 0 aliphatic carbocycles. The topological polar surface area (TPSA) is 26.0 Å². The van der Waals surface area contributed by atoms with Gasteiger partial charge in [0.1, 0.15) is 0 Å². The van der Waals surface area contributed by atoms with Gasteiger partial charge in [-0.05, 0) is 12.1 Å². The second kappa shape index (κ2) is 8.83. The molecule has 1 aromatic carbocycles. The predicted molar refractivity (Wildman–Crippen MR) is 58.3 cm³/mol. The van der Waals surface area contributed by atoms with Gasteiger partial charge in [0.2, 0.25) is 0 Å². The maximum Gasteiger partial charge on any atom is 0.0245 e. The molecule has 0 radical (unpaired) electrons. The van der Waals surface area contributed by atoms with E-state index in [1.807, 2.05) is 44.2 Å². The van der Waals surface area contributed by atoms with E-state index in [1.54, 1.807) is 0 Å². The smallest absolute Gasteiger partial charge is 0.0245 e. The molecule has 0 saturated carbocycles. The third-order valence-electron chi connectivity index (χ3n) is 1.28. The molecule has 0 amide bonds. The molecular weight excluding hydrogens is 158 g/mol. The van der Waals surface area contributed by atoms with E-state index in [0.29, 0.717) is 6.54 Å². The molecule has 0 heterocycles. The third-order valence-corrected chi connectivity index (χ3v) is 1.28. The number of rotatable bonds is 1. The van der Waals surface area contributed by atoms with E-state index in [1.165, 1.54) is 0 Å². The van der Waals surface area contributed by atoms with Gasteiger partial charge in [0.05, 0.1) is 0 Å². The maximum absolute atomic E-state index is 5.29. The fourth-order valence-electron chi connectivity index (χ4n) is 0.758. The Kier molecular flexibility index (Phi) is 7.98. The van der Waals surface area contributed by atoms with Gasteiger partial charge in [-0.25, -0.2) is 0 Å². The van der Waals surface area contributed by atoms with Gasteiger partial charge in [-0.2, -0.15) is 0 Å². The van der Waals surface area contributed by atoms with E-state index in [0.717, 1.165) is 12.0 Å². The van der Waals surface area contributed by atoms with E-state index in [-0.39, 0.29) is 0 Å². The standard InChI is InChI=1S/C10H11N.C2H6/c11-9-5-4-8-10-6-2-1-3-7-10;1-2/h1-3,6-7H,5,9,11H2;1-2H3. The lowest BCUT2D eigenvalue weighted by Crippen LogP contribution is -1.95. The molecule has 0 atom stereocenters. The first-order valence-electron chi connectivity index (χ1n) is 4.67. The molecule has 1 heteroatoms. The van der Waals surface area contributed by atoms with Crippen LogP contribution in [-0.4, -0.2) is 6.54 Å². The molecule has 13 heavy (non-hydrogen) atoms. The molecule has 0 fully saturated rings. The highest BCUT2D eigenvalue weighted by molar-refractivity contribution is 5.33. The fraction of sp³-hybridized carbons (Fsp3) is 0.333. The van der Waals surface area contributed by atoms with Crippen molar-refractivity contribution < 1.29 is 0 Å². The first-order valence-corrected chi connectivity index (χ1v) is 4.67. The Morgan fingerprint density at radius 1 is 1.15 bits per heavy atom. The van der Waals surface area contributed by atoms with Crippen LogP contribution in [0.4, 0.5) is 0 Å². The molecular formula is C12H17N. The molecule has 1 rings (SSSR count). The first-order chi connectivity index (χ1) is 6.43. The Bertz CT molecular complexity index is 253. The van der Waals surface area contributed by atoms with Gasteiger partial charge >= 0.3 is 0 Å². The summed E-state index contributed by atoms with van der Waals surface area (Å²) >= 11 is 0. The van der Waals surface area contributed by atoms with Gasteiger partial charge in [0.15, 0.2) is 0 Å². The minimum Gasteiger partial charge on any atom is -0.330 e.